The summed E-state index contributed by atoms with van der Waals surface area (Å²) < 4.78 is 5.06. The van der Waals surface area contributed by atoms with E-state index in [0.717, 1.165) is 23.9 Å². The Morgan fingerprint density at radius 3 is 2.71 bits per heavy atom. The minimum atomic E-state index is 0.681. The maximum absolute atomic E-state index is 5.06. The predicted molar refractivity (Wildman–Crippen MR) is 68.7 cm³/mol. The molecule has 96 valence electrons. The van der Waals surface area contributed by atoms with Gasteiger partial charge < -0.3 is 9.84 Å². The average molecular weight is 236 g/mol. The topological polar surface area (TPSA) is 38.1 Å². The minimum Gasteiger partial charge on any atom is -0.361 e. The maximum atomic E-state index is 5.06. The largest absolute Gasteiger partial charge is 0.361 e. The second kappa shape index (κ2) is 6.20. The highest BCUT2D eigenvalue weighted by atomic mass is 16.5. The van der Waals surface area contributed by atoms with Crippen molar-refractivity contribution in [1.29, 1.82) is 0 Å². The molecule has 1 aliphatic carbocycles. The van der Waals surface area contributed by atoms with Crippen molar-refractivity contribution in [3.63, 3.8) is 0 Å². The molecule has 1 heterocycles. The van der Waals surface area contributed by atoms with Gasteiger partial charge in [-0.25, -0.2) is 0 Å². The van der Waals surface area contributed by atoms with Crippen LogP contribution < -0.4 is 5.32 Å². The van der Waals surface area contributed by atoms with Gasteiger partial charge in [0.05, 0.1) is 5.69 Å². The van der Waals surface area contributed by atoms with E-state index in [-0.39, 0.29) is 0 Å². The van der Waals surface area contributed by atoms with Crippen LogP contribution in [-0.2, 0) is 6.54 Å². The molecule has 0 amide bonds. The summed E-state index contributed by atoms with van der Waals surface area (Å²) in [6, 6.07) is 2.69. The van der Waals surface area contributed by atoms with E-state index in [1.165, 1.54) is 38.5 Å². The van der Waals surface area contributed by atoms with Crippen LogP contribution in [0.3, 0.4) is 0 Å². The van der Waals surface area contributed by atoms with Gasteiger partial charge in [0.1, 0.15) is 5.76 Å². The lowest BCUT2D eigenvalue weighted by Crippen LogP contribution is -2.32. The molecular formula is C14H24N2O. The van der Waals surface area contributed by atoms with Crippen LogP contribution >= 0.6 is 0 Å². The van der Waals surface area contributed by atoms with Crippen molar-refractivity contribution in [2.45, 2.75) is 65.0 Å². The lowest BCUT2D eigenvalue weighted by Gasteiger charge is -2.28. The van der Waals surface area contributed by atoms with Gasteiger partial charge in [-0.1, -0.05) is 24.9 Å². The summed E-state index contributed by atoms with van der Waals surface area (Å²) in [7, 11) is 0. The molecule has 1 aromatic rings. The van der Waals surface area contributed by atoms with Crippen LogP contribution in [0, 0.1) is 12.8 Å². The van der Waals surface area contributed by atoms with Gasteiger partial charge in [0.2, 0.25) is 0 Å². The average Bonchev–Trinajstić information content (AvgIpc) is 2.75. The van der Waals surface area contributed by atoms with Gasteiger partial charge in [0.15, 0.2) is 0 Å². The molecule has 0 radical (unpaired) electrons. The molecule has 1 aromatic heterocycles. The molecular weight excluding hydrogens is 212 g/mol. The first-order chi connectivity index (χ1) is 8.28. The zero-order chi connectivity index (χ0) is 12.1. The quantitative estimate of drug-likeness (QED) is 0.851. The van der Waals surface area contributed by atoms with Crippen molar-refractivity contribution < 1.29 is 4.52 Å². The number of rotatable bonds is 5. The first-order valence-electron chi connectivity index (χ1n) is 6.93. The van der Waals surface area contributed by atoms with Crippen LogP contribution in [-0.4, -0.2) is 11.2 Å². The van der Waals surface area contributed by atoms with E-state index >= 15 is 0 Å². The highest BCUT2D eigenvalue weighted by Crippen LogP contribution is 2.27. The summed E-state index contributed by atoms with van der Waals surface area (Å²) in [6.45, 7) is 5.07. The third-order valence-electron chi connectivity index (χ3n) is 3.79. The molecule has 0 bridgehead atoms. The molecule has 3 heteroatoms. The number of hydrogen-bond donors (Lipinski definition) is 1. The minimum absolute atomic E-state index is 0.681. The fourth-order valence-electron chi connectivity index (χ4n) is 2.81. The number of aryl methyl sites for hydroxylation is 1. The Kier molecular flexibility index (Phi) is 4.60. The Labute approximate surface area is 104 Å². The highest BCUT2D eigenvalue weighted by molar-refractivity contribution is 5.03. The molecule has 17 heavy (non-hydrogen) atoms. The molecule has 0 unspecified atom stereocenters. The second-order valence-corrected chi connectivity index (χ2v) is 5.32. The molecule has 1 saturated carbocycles. The molecule has 0 spiro atoms. The molecule has 1 fully saturated rings. The second-order valence-electron chi connectivity index (χ2n) is 5.32. The Hall–Kier alpha value is -0.830. The third kappa shape index (κ3) is 3.84. The Bertz CT molecular complexity index is 327. The van der Waals surface area contributed by atoms with Crippen LogP contribution in [0.2, 0.25) is 0 Å². The van der Waals surface area contributed by atoms with Crippen LogP contribution in [0.5, 0.6) is 0 Å². The summed E-state index contributed by atoms with van der Waals surface area (Å²) in [5.74, 6) is 1.88. The van der Waals surface area contributed by atoms with E-state index in [4.69, 9.17) is 4.52 Å². The third-order valence-corrected chi connectivity index (χ3v) is 3.79. The van der Waals surface area contributed by atoms with Gasteiger partial charge in [-0.2, -0.15) is 0 Å². The number of nitrogens with zero attached hydrogens (tertiary/aromatic N) is 1. The molecule has 0 aliphatic heterocycles. The summed E-state index contributed by atoms with van der Waals surface area (Å²) >= 11 is 0. The molecule has 0 saturated heterocycles. The molecule has 2 rings (SSSR count). The molecule has 1 aliphatic rings. The first-order valence-corrected chi connectivity index (χ1v) is 6.93. The van der Waals surface area contributed by atoms with Gasteiger partial charge in [0, 0.05) is 18.7 Å². The molecule has 1 N–H and O–H groups in total. The number of hydrogen-bond acceptors (Lipinski definition) is 3. The fraction of sp³-hybridized carbons (Fsp3) is 0.786. The van der Waals surface area contributed by atoms with E-state index in [2.05, 4.69) is 17.4 Å². The monoisotopic (exact) mass is 236 g/mol. The van der Waals surface area contributed by atoms with Gasteiger partial charge in [-0.3, -0.25) is 0 Å². The Balaban J connectivity index is 1.68. The Morgan fingerprint density at radius 1 is 1.35 bits per heavy atom. The zero-order valence-corrected chi connectivity index (χ0v) is 11.0. The van der Waals surface area contributed by atoms with Gasteiger partial charge in [0.25, 0.3) is 0 Å². The number of aromatic nitrogens is 1. The van der Waals surface area contributed by atoms with E-state index in [9.17, 15) is 0 Å². The summed E-state index contributed by atoms with van der Waals surface area (Å²) in [5, 5.41) is 7.60. The normalized spacial score (nSPS) is 25.1. The molecule has 3 nitrogen and oxygen atoms in total. The summed E-state index contributed by atoms with van der Waals surface area (Å²) in [4.78, 5) is 0. The van der Waals surface area contributed by atoms with Crippen molar-refractivity contribution in [3.05, 3.63) is 17.5 Å². The van der Waals surface area contributed by atoms with Crippen LogP contribution in [0.1, 0.15) is 56.9 Å². The lowest BCUT2D eigenvalue weighted by atomic mass is 9.83. The van der Waals surface area contributed by atoms with Gasteiger partial charge in [-0.05, 0) is 38.5 Å². The van der Waals surface area contributed by atoms with Crippen molar-refractivity contribution in [2.75, 3.05) is 0 Å². The Morgan fingerprint density at radius 2 is 2.12 bits per heavy atom. The van der Waals surface area contributed by atoms with E-state index < -0.39 is 0 Å². The smallest absolute Gasteiger partial charge is 0.133 e. The number of nitrogens with one attached hydrogen (secondary N) is 1. The van der Waals surface area contributed by atoms with Crippen LogP contribution in [0.4, 0.5) is 0 Å². The van der Waals surface area contributed by atoms with Crippen molar-refractivity contribution in [3.8, 4) is 0 Å². The first kappa shape index (κ1) is 12.6. The van der Waals surface area contributed by atoms with Gasteiger partial charge >= 0.3 is 0 Å². The standard InChI is InChI=1S/C14H24N2O/c1-3-4-12-5-7-13(8-6-12)15-10-14-9-11(2)17-16-14/h9,12-13,15H,3-8,10H2,1-2H3. The summed E-state index contributed by atoms with van der Waals surface area (Å²) in [6.07, 6.45) is 8.17. The van der Waals surface area contributed by atoms with Crippen molar-refractivity contribution >= 4 is 0 Å². The van der Waals surface area contributed by atoms with E-state index in [1.54, 1.807) is 0 Å². The predicted octanol–water partition coefficient (Wildman–Crippen LogP) is 3.43. The molecule has 0 aromatic carbocycles. The molecule has 0 atom stereocenters. The van der Waals surface area contributed by atoms with Crippen molar-refractivity contribution in [2.24, 2.45) is 5.92 Å². The lowest BCUT2D eigenvalue weighted by molar-refractivity contribution is 0.276. The zero-order valence-electron chi connectivity index (χ0n) is 11.0. The van der Waals surface area contributed by atoms with Crippen molar-refractivity contribution in [1.82, 2.24) is 10.5 Å². The SMILES string of the molecule is CCCC1CCC(NCc2cc(C)on2)CC1. The fourth-order valence-corrected chi connectivity index (χ4v) is 2.81. The van der Waals surface area contributed by atoms with Crippen LogP contribution in [0.15, 0.2) is 10.6 Å². The van der Waals surface area contributed by atoms with E-state index in [0.29, 0.717) is 6.04 Å². The van der Waals surface area contributed by atoms with E-state index in [1.807, 2.05) is 13.0 Å². The van der Waals surface area contributed by atoms with Crippen LogP contribution in [0.25, 0.3) is 0 Å². The highest BCUT2D eigenvalue weighted by Gasteiger charge is 2.20. The maximum Gasteiger partial charge on any atom is 0.133 e. The summed E-state index contributed by atoms with van der Waals surface area (Å²) in [5.41, 5.74) is 1.03. The van der Waals surface area contributed by atoms with Gasteiger partial charge in [-0.15, -0.1) is 0 Å².